The fourth-order valence-corrected chi connectivity index (χ4v) is 5.04. The highest BCUT2D eigenvalue weighted by Gasteiger charge is 2.30. The number of carbonyl (C=O) groups is 1. The summed E-state index contributed by atoms with van der Waals surface area (Å²) in [6, 6.07) is 15.8. The number of methoxy groups -OCH3 is 2. The van der Waals surface area contributed by atoms with Crippen LogP contribution in [0.15, 0.2) is 65.6 Å². The van der Waals surface area contributed by atoms with Crippen molar-refractivity contribution >= 4 is 50.5 Å². The zero-order valence-electron chi connectivity index (χ0n) is 18.1. The number of carbonyl (C=O) groups excluding carboxylic acids is 1. The molecule has 33 heavy (non-hydrogen) atoms. The average Bonchev–Trinajstić information content (AvgIpc) is 2.80. The first kappa shape index (κ1) is 24.7. The summed E-state index contributed by atoms with van der Waals surface area (Å²) in [5.41, 5.74) is 1.39. The van der Waals surface area contributed by atoms with E-state index in [9.17, 15) is 13.2 Å². The highest BCUT2D eigenvalue weighted by atomic mass is 35.5. The lowest BCUT2D eigenvalue weighted by atomic mass is 10.2. The Morgan fingerprint density at radius 2 is 1.64 bits per heavy atom. The maximum Gasteiger partial charge on any atom is 0.268 e. The highest BCUT2D eigenvalue weighted by Crippen LogP contribution is 2.32. The number of nitrogens with zero attached hydrogens (tertiary/aromatic N) is 1. The van der Waals surface area contributed by atoms with Gasteiger partial charge in [-0.25, -0.2) is 8.42 Å². The SMILES string of the molecule is COc1ccc(N(CC(=O)Nc2ccc(Cl)c(Cl)c2)S(=O)(=O)c2cc(C)ccc2OC)cc1. The van der Waals surface area contributed by atoms with E-state index in [2.05, 4.69) is 5.32 Å². The molecule has 1 N–H and O–H groups in total. The van der Waals surface area contributed by atoms with Crippen molar-refractivity contribution in [3.05, 3.63) is 76.3 Å². The summed E-state index contributed by atoms with van der Waals surface area (Å²) in [7, 11) is -1.29. The van der Waals surface area contributed by atoms with Gasteiger partial charge in [0, 0.05) is 5.69 Å². The lowest BCUT2D eigenvalue weighted by molar-refractivity contribution is -0.114. The molecule has 0 aliphatic carbocycles. The molecule has 0 radical (unpaired) electrons. The van der Waals surface area contributed by atoms with E-state index in [1.165, 1.54) is 32.4 Å². The molecule has 0 aliphatic rings. The Morgan fingerprint density at radius 3 is 2.24 bits per heavy atom. The largest absolute Gasteiger partial charge is 0.497 e. The lowest BCUT2D eigenvalue weighted by Gasteiger charge is -2.25. The Balaban J connectivity index is 2.01. The zero-order chi connectivity index (χ0) is 24.2. The molecule has 0 unspecified atom stereocenters. The van der Waals surface area contributed by atoms with Crippen molar-refractivity contribution in [2.45, 2.75) is 11.8 Å². The minimum Gasteiger partial charge on any atom is -0.497 e. The van der Waals surface area contributed by atoms with Crippen LogP contribution in [0.4, 0.5) is 11.4 Å². The molecule has 0 bridgehead atoms. The van der Waals surface area contributed by atoms with Gasteiger partial charge in [-0.2, -0.15) is 0 Å². The van der Waals surface area contributed by atoms with Crippen LogP contribution >= 0.6 is 23.2 Å². The zero-order valence-corrected chi connectivity index (χ0v) is 20.5. The molecule has 0 saturated heterocycles. The van der Waals surface area contributed by atoms with Crippen molar-refractivity contribution in [2.24, 2.45) is 0 Å². The molecule has 3 aromatic rings. The van der Waals surface area contributed by atoms with Crippen LogP contribution in [0.3, 0.4) is 0 Å². The van der Waals surface area contributed by atoms with Gasteiger partial charge in [0.15, 0.2) is 0 Å². The molecule has 7 nitrogen and oxygen atoms in total. The Morgan fingerprint density at radius 1 is 0.939 bits per heavy atom. The third kappa shape index (κ3) is 5.71. The quantitative estimate of drug-likeness (QED) is 0.454. The van der Waals surface area contributed by atoms with Gasteiger partial charge in [-0.15, -0.1) is 0 Å². The van der Waals surface area contributed by atoms with Crippen molar-refractivity contribution in [3.8, 4) is 11.5 Å². The molecular weight excluding hydrogens is 487 g/mol. The predicted octanol–water partition coefficient (Wildman–Crippen LogP) is 5.15. The fourth-order valence-electron chi connectivity index (χ4n) is 3.07. The van der Waals surface area contributed by atoms with E-state index in [0.29, 0.717) is 16.5 Å². The van der Waals surface area contributed by atoms with Gasteiger partial charge in [0.1, 0.15) is 22.9 Å². The van der Waals surface area contributed by atoms with E-state index < -0.39 is 22.5 Å². The van der Waals surface area contributed by atoms with E-state index in [4.69, 9.17) is 32.7 Å². The Hall–Kier alpha value is -2.94. The predicted molar refractivity (Wildman–Crippen MR) is 130 cm³/mol. The van der Waals surface area contributed by atoms with Crippen LogP contribution in [-0.4, -0.2) is 35.1 Å². The average molecular weight is 509 g/mol. The van der Waals surface area contributed by atoms with Gasteiger partial charge in [-0.1, -0.05) is 29.3 Å². The maximum absolute atomic E-state index is 13.7. The van der Waals surface area contributed by atoms with Gasteiger partial charge in [0.25, 0.3) is 10.0 Å². The summed E-state index contributed by atoms with van der Waals surface area (Å²) >= 11 is 11.9. The number of rotatable bonds is 8. The summed E-state index contributed by atoms with van der Waals surface area (Å²) in [6.45, 7) is 1.28. The lowest BCUT2D eigenvalue weighted by Crippen LogP contribution is -2.38. The second-order valence-electron chi connectivity index (χ2n) is 7.04. The first-order valence-electron chi connectivity index (χ1n) is 9.72. The first-order valence-corrected chi connectivity index (χ1v) is 11.9. The molecule has 3 rings (SSSR count). The van der Waals surface area contributed by atoms with Gasteiger partial charge in [0.2, 0.25) is 5.91 Å². The van der Waals surface area contributed by atoms with Crippen LogP contribution in [0.5, 0.6) is 11.5 Å². The molecule has 0 aliphatic heterocycles. The number of amides is 1. The number of ether oxygens (including phenoxy) is 2. The van der Waals surface area contributed by atoms with Gasteiger partial charge in [0.05, 0.1) is 30.0 Å². The van der Waals surface area contributed by atoms with Crippen molar-refractivity contribution < 1.29 is 22.7 Å². The first-order chi connectivity index (χ1) is 15.6. The van der Waals surface area contributed by atoms with Crippen LogP contribution in [0.25, 0.3) is 0 Å². The Labute approximate surface area is 202 Å². The van der Waals surface area contributed by atoms with Crippen LogP contribution < -0.4 is 19.1 Å². The summed E-state index contributed by atoms with van der Waals surface area (Å²) < 4.78 is 38.9. The number of anilines is 2. The number of nitrogens with one attached hydrogen (secondary N) is 1. The molecule has 0 aromatic heterocycles. The molecule has 1 amide bonds. The van der Waals surface area contributed by atoms with Crippen LogP contribution in [-0.2, 0) is 14.8 Å². The highest BCUT2D eigenvalue weighted by molar-refractivity contribution is 7.93. The van der Waals surface area contributed by atoms with Crippen LogP contribution in [0.2, 0.25) is 10.0 Å². The third-order valence-electron chi connectivity index (χ3n) is 4.74. The summed E-state index contributed by atoms with van der Waals surface area (Å²) in [5, 5.41) is 3.25. The van der Waals surface area contributed by atoms with Crippen LogP contribution in [0.1, 0.15) is 5.56 Å². The number of sulfonamides is 1. The summed E-state index contributed by atoms with van der Waals surface area (Å²) in [4.78, 5) is 12.8. The Bertz CT molecular complexity index is 1260. The monoisotopic (exact) mass is 508 g/mol. The molecule has 0 spiro atoms. The molecule has 3 aromatic carbocycles. The Kier molecular flexibility index (Phi) is 7.73. The van der Waals surface area contributed by atoms with Crippen molar-refractivity contribution in [3.63, 3.8) is 0 Å². The van der Waals surface area contributed by atoms with Crippen molar-refractivity contribution in [1.29, 1.82) is 0 Å². The van der Waals surface area contributed by atoms with E-state index >= 15 is 0 Å². The smallest absolute Gasteiger partial charge is 0.268 e. The summed E-state index contributed by atoms with van der Waals surface area (Å²) in [6.07, 6.45) is 0. The van der Waals surface area contributed by atoms with Gasteiger partial charge in [-0.3, -0.25) is 9.10 Å². The topological polar surface area (TPSA) is 84.9 Å². The minimum atomic E-state index is -4.18. The minimum absolute atomic E-state index is 0.0526. The number of benzene rings is 3. The normalized spacial score (nSPS) is 11.1. The number of aryl methyl sites for hydroxylation is 1. The fraction of sp³-hybridized carbons (Fsp3) is 0.174. The number of hydrogen-bond acceptors (Lipinski definition) is 5. The molecule has 0 atom stereocenters. The van der Waals surface area contributed by atoms with Crippen molar-refractivity contribution in [1.82, 2.24) is 0 Å². The van der Waals surface area contributed by atoms with E-state index in [0.717, 1.165) is 9.87 Å². The molecule has 0 fully saturated rings. The second-order valence-corrected chi connectivity index (χ2v) is 9.69. The van der Waals surface area contributed by atoms with Gasteiger partial charge < -0.3 is 14.8 Å². The number of halogens is 2. The molecule has 10 heteroatoms. The standard InChI is InChI=1S/C23H22Cl2N2O5S/c1-15-4-11-21(32-3)22(12-15)33(29,30)27(17-6-8-18(31-2)9-7-17)14-23(28)26-16-5-10-19(24)20(25)13-16/h4-13H,14H2,1-3H3,(H,26,28). The van der Waals surface area contributed by atoms with Gasteiger partial charge in [-0.05, 0) is 67.1 Å². The molecular formula is C23H22Cl2N2O5S. The van der Waals surface area contributed by atoms with E-state index in [1.54, 1.807) is 49.4 Å². The van der Waals surface area contributed by atoms with E-state index in [-0.39, 0.29) is 21.4 Å². The van der Waals surface area contributed by atoms with Crippen molar-refractivity contribution in [2.75, 3.05) is 30.4 Å². The number of hydrogen-bond donors (Lipinski definition) is 1. The van der Waals surface area contributed by atoms with Gasteiger partial charge >= 0.3 is 0 Å². The van der Waals surface area contributed by atoms with Crippen LogP contribution in [0, 0.1) is 6.92 Å². The third-order valence-corrected chi connectivity index (χ3v) is 7.27. The maximum atomic E-state index is 13.7. The molecule has 0 heterocycles. The molecule has 174 valence electrons. The second kappa shape index (κ2) is 10.3. The summed E-state index contributed by atoms with van der Waals surface area (Å²) in [5.74, 6) is 0.146. The molecule has 0 saturated carbocycles. The van der Waals surface area contributed by atoms with E-state index in [1.807, 2.05) is 0 Å².